The van der Waals surface area contributed by atoms with E-state index in [9.17, 15) is 14.7 Å². The van der Waals surface area contributed by atoms with E-state index < -0.39 is 41.1 Å². The SMILES string of the molecule is COc1nc2cc(C(=O)C(C(O)OC(C)(C)C)C(C)C(=O)OC(C)(C)C)sc2nc1OC. The summed E-state index contributed by atoms with van der Waals surface area (Å²) in [4.78, 5) is 35.6. The van der Waals surface area contributed by atoms with Crippen LogP contribution in [-0.4, -0.2) is 58.5 Å². The molecule has 0 radical (unpaired) electrons. The number of hydrogen-bond acceptors (Lipinski definition) is 10. The van der Waals surface area contributed by atoms with Crippen LogP contribution in [0, 0.1) is 11.8 Å². The molecule has 0 fully saturated rings. The van der Waals surface area contributed by atoms with E-state index in [0.29, 0.717) is 10.3 Å². The lowest BCUT2D eigenvalue weighted by Gasteiger charge is -2.32. The number of methoxy groups -OCH3 is 2. The molecule has 0 aromatic carbocycles. The van der Waals surface area contributed by atoms with Gasteiger partial charge >= 0.3 is 5.97 Å². The third-order valence-corrected chi connectivity index (χ3v) is 5.37. The summed E-state index contributed by atoms with van der Waals surface area (Å²) in [5, 5.41) is 10.8. The number of rotatable bonds is 8. The van der Waals surface area contributed by atoms with E-state index in [-0.39, 0.29) is 16.6 Å². The number of hydrogen-bond donors (Lipinski definition) is 1. The summed E-state index contributed by atoms with van der Waals surface area (Å²) in [6, 6.07) is 1.55. The number of aromatic nitrogens is 2. The van der Waals surface area contributed by atoms with Crippen molar-refractivity contribution in [2.24, 2.45) is 11.8 Å². The molecule has 9 nitrogen and oxygen atoms in total. The Bertz CT molecular complexity index is 934. The Balaban J connectivity index is 2.47. The van der Waals surface area contributed by atoms with E-state index in [2.05, 4.69) is 9.97 Å². The number of carbonyl (C=O) groups excluding carboxylic acids is 2. The van der Waals surface area contributed by atoms with Crippen LogP contribution in [0.15, 0.2) is 6.07 Å². The van der Waals surface area contributed by atoms with Crippen molar-refractivity contribution in [3.05, 3.63) is 10.9 Å². The number of aliphatic hydroxyl groups is 1. The number of ketones is 1. The molecule has 0 bridgehead atoms. The summed E-state index contributed by atoms with van der Waals surface area (Å²) in [5.41, 5.74) is -1.05. The molecule has 0 amide bonds. The monoisotopic (exact) mass is 468 g/mol. The first-order chi connectivity index (χ1) is 14.7. The van der Waals surface area contributed by atoms with Crippen LogP contribution in [0.1, 0.15) is 58.1 Å². The molecule has 2 rings (SSSR count). The molecule has 0 aliphatic heterocycles. The lowest BCUT2D eigenvalue weighted by Crippen LogP contribution is -2.43. The third-order valence-electron chi connectivity index (χ3n) is 4.33. The van der Waals surface area contributed by atoms with Gasteiger partial charge in [-0.3, -0.25) is 9.59 Å². The summed E-state index contributed by atoms with van der Waals surface area (Å²) < 4.78 is 21.4. The smallest absolute Gasteiger partial charge is 0.310 e. The fraction of sp³-hybridized carbons (Fsp3) is 0.636. The first-order valence-corrected chi connectivity index (χ1v) is 11.0. The minimum absolute atomic E-state index is 0.187. The number of aliphatic hydroxyl groups excluding tert-OH is 1. The van der Waals surface area contributed by atoms with Crippen LogP contribution in [0.4, 0.5) is 0 Å². The Kier molecular flexibility index (Phi) is 7.85. The highest BCUT2D eigenvalue weighted by atomic mass is 32.1. The number of ether oxygens (including phenoxy) is 4. The van der Waals surface area contributed by atoms with Crippen LogP contribution in [-0.2, 0) is 14.3 Å². The van der Waals surface area contributed by atoms with Crippen LogP contribution in [0.5, 0.6) is 11.8 Å². The molecule has 10 heteroatoms. The molecule has 0 aliphatic rings. The number of nitrogens with zero attached hydrogens (tertiary/aromatic N) is 2. The predicted octanol–water partition coefficient (Wildman–Crippen LogP) is 3.62. The second-order valence-corrected chi connectivity index (χ2v) is 10.4. The number of thiophene rings is 1. The van der Waals surface area contributed by atoms with Crippen LogP contribution in [0.25, 0.3) is 10.3 Å². The van der Waals surface area contributed by atoms with Gasteiger partial charge in [-0.25, -0.2) is 4.98 Å². The molecule has 2 aromatic heterocycles. The summed E-state index contributed by atoms with van der Waals surface area (Å²) in [6.07, 6.45) is -1.53. The van der Waals surface area contributed by atoms with Gasteiger partial charge in [0.15, 0.2) is 12.1 Å². The molecule has 3 atom stereocenters. The Hall–Kier alpha value is -2.30. The van der Waals surface area contributed by atoms with Crippen LogP contribution in [0.2, 0.25) is 0 Å². The maximum Gasteiger partial charge on any atom is 0.310 e. The summed E-state index contributed by atoms with van der Waals surface area (Å²) >= 11 is 1.08. The van der Waals surface area contributed by atoms with E-state index in [1.54, 1.807) is 54.5 Å². The molecule has 32 heavy (non-hydrogen) atoms. The first kappa shape index (κ1) is 26.0. The van der Waals surface area contributed by atoms with Crippen molar-refractivity contribution in [3.63, 3.8) is 0 Å². The van der Waals surface area contributed by atoms with Crippen LogP contribution >= 0.6 is 11.3 Å². The minimum atomic E-state index is -1.53. The van der Waals surface area contributed by atoms with Crippen molar-refractivity contribution in [2.75, 3.05) is 14.2 Å². The highest BCUT2D eigenvalue weighted by Gasteiger charge is 2.41. The van der Waals surface area contributed by atoms with Gasteiger partial charge in [0.25, 0.3) is 11.8 Å². The average molecular weight is 469 g/mol. The van der Waals surface area contributed by atoms with E-state index in [1.165, 1.54) is 14.2 Å². The molecule has 178 valence electrons. The van der Waals surface area contributed by atoms with Gasteiger partial charge in [0.1, 0.15) is 15.9 Å². The largest absolute Gasteiger partial charge is 0.477 e. The van der Waals surface area contributed by atoms with Gasteiger partial charge < -0.3 is 24.1 Å². The Morgan fingerprint density at radius 3 is 2.06 bits per heavy atom. The van der Waals surface area contributed by atoms with Crippen molar-refractivity contribution in [1.82, 2.24) is 9.97 Å². The summed E-state index contributed by atoms with van der Waals surface area (Å²) in [7, 11) is 2.88. The first-order valence-electron chi connectivity index (χ1n) is 10.2. The quantitative estimate of drug-likeness (QED) is 0.352. The predicted molar refractivity (Wildman–Crippen MR) is 120 cm³/mol. The molecule has 2 heterocycles. The van der Waals surface area contributed by atoms with Crippen molar-refractivity contribution < 1.29 is 33.6 Å². The zero-order valence-corrected chi connectivity index (χ0v) is 20.8. The molecule has 0 spiro atoms. The number of esters is 1. The molecule has 2 aromatic rings. The zero-order chi connectivity index (χ0) is 24.4. The molecule has 3 unspecified atom stereocenters. The van der Waals surface area contributed by atoms with E-state index >= 15 is 0 Å². The van der Waals surface area contributed by atoms with Crippen molar-refractivity contribution in [2.45, 2.75) is 66.0 Å². The highest BCUT2D eigenvalue weighted by Crippen LogP contribution is 2.34. The number of Topliss-reactive ketones (excluding diaryl/α,β-unsaturated/α-hetero) is 1. The topological polar surface area (TPSA) is 117 Å². The van der Waals surface area contributed by atoms with Crippen molar-refractivity contribution >= 4 is 33.4 Å². The maximum absolute atomic E-state index is 13.5. The molecule has 0 saturated heterocycles. The lowest BCUT2D eigenvalue weighted by molar-refractivity contribution is -0.198. The summed E-state index contributed by atoms with van der Waals surface area (Å²) in [6.45, 7) is 12.0. The molecular formula is C22H32N2O7S. The number of carbonyl (C=O) groups is 2. The van der Waals surface area contributed by atoms with Crippen molar-refractivity contribution in [3.8, 4) is 11.8 Å². The Morgan fingerprint density at radius 2 is 1.56 bits per heavy atom. The van der Waals surface area contributed by atoms with Gasteiger partial charge in [0.2, 0.25) is 0 Å². The molecular weight excluding hydrogens is 436 g/mol. The fourth-order valence-corrected chi connectivity index (χ4v) is 3.91. The van der Waals surface area contributed by atoms with Crippen LogP contribution in [0.3, 0.4) is 0 Å². The third kappa shape index (κ3) is 6.36. The zero-order valence-electron chi connectivity index (χ0n) is 20.0. The lowest BCUT2D eigenvalue weighted by atomic mass is 9.88. The van der Waals surface area contributed by atoms with Crippen LogP contribution < -0.4 is 9.47 Å². The van der Waals surface area contributed by atoms with E-state index in [1.807, 2.05) is 0 Å². The molecule has 0 saturated carbocycles. The Morgan fingerprint density at radius 1 is 1.00 bits per heavy atom. The number of fused-ring (bicyclic) bond motifs is 1. The van der Waals surface area contributed by atoms with Gasteiger partial charge in [0, 0.05) is 0 Å². The second-order valence-electron chi connectivity index (χ2n) is 9.38. The van der Waals surface area contributed by atoms with Crippen molar-refractivity contribution in [1.29, 1.82) is 0 Å². The van der Waals surface area contributed by atoms with Gasteiger partial charge in [-0.1, -0.05) is 6.92 Å². The standard InChI is InChI=1S/C22H32N2O7S/c1-11(19(26)30-21(2,3)4)14(20(27)31-22(5,6)7)15(25)13-10-12-18(32-13)24-17(29-9)16(23-12)28-8/h10-11,14,20,27H,1-9H3. The van der Waals surface area contributed by atoms with Gasteiger partial charge in [0.05, 0.1) is 36.5 Å². The maximum atomic E-state index is 13.5. The fourth-order valence-electron chi connectivity index (χ4n) is 2.96. The second kappa shape index (κ2) is 9.68. The van der Waals surface area contributed by atoms with E-state index in [0.717, 1.165) is 11.3 Å². The van der Waals surface area contributed by atoms with E-state index in [4.69, 9.17) is 18.9 Å². The Labute approximate surface area is 192 Å². The average Bonchev–Trinajstić information content (AvgIpc) is 3.06. The van der Waals surface area contributed by atoms with Gasteiger partial charge in [-0.2, -0.15) is 4.98 Å². The normalized spacial score (nSPS) is 15.2. The summed E-state index contributed by atoms with van der Waals surface area (Å²) in [5.74, 6) is -2.85. The highest BCUT2D eigenvalue weighted by molar-refractivity contribution is 7.20. The van der Waals surface area contributed by atoms with Gasteiger partial charge in [-0.15, -0.1) is 11.3 Å². The van der Waals surface area contributed by atoms with Gasteiger partial charge in [-0.05, 0) is 47.6 Å². The molecule has 1 N–H and O–H groups in total. The minimum Gasteiger partial charge on any atom is -0.477 e. The molecule has 0 aliphatic carbocycles.